The maximum Gasteiger partial charge on any atom is 0.414 e. The van der Waals surface area contributed by atoms with Crippen LogP contribution in [-0.4, -0.2) is 85.3 Å². The molecule has 2 saturated heterocycles. The second kappa shape index (κ2) is 9.63. The number of rotatable bonds is 6. The molecule has 0 bridgehead atoms. The molecule has 2 N–H and O–H groups in total. The fraction of sp³-hybridized carbons (Fsp3) is 0.550. The van der Waals surface area contributed by atoms with Crippen LogP contribution in [0.2, 0.25) is 0 Å². The van der Waals surface area contributed by atoms with Crippen molar-refractivity contribution < 1.29 is 37.4 Å². The number of nitrogens with zero attached hydrogens (tertiary/aromatic N) is 3. The van der Waals surface area contributed by atoms with Crippen LogP contribution in [0.4, 0.5) is 29.3 Å². The third-order valence-electron chi connectivity index (χ3n) is 5.50. The fourth-order valence-corrected chi connectivity index (χ4v) is 4.14. The van der Waals surface area contributed by atoms with Gasteiger partial charge in [0.25, 0.3) is 5.91 Å². The molecule has 12 heteroatoms. The minimum Gasteiger partial charge on any atom is -0.442 e. The van der Waals surface area contributed by atoms with E-state index in [0.717, 1.165) is 4.90 Å². The number of halogens is 3. The summed E-state index contributed by atoms with van der Waals surface area (Å²) in [4.78, 5) is 39.6. The summed E-state index contributed by atoms with van der Waals surface area (Å²) in [5.41, 5.74) is 0.533. The van der Waals surface area contributed by atoms with E-state index in [2.05, 4.69) is 0 Å². The van der Waals surface area contributed by atoms with Gasteiger partial charge in [-0.2, -0.15) is 8.78 Å². The van der Waals surface area contributed by atoms with Crippen molar-refractivity contribution in [3.8, 4) is 0 Å². The van der Waals surface area contributed by atoms with Gasteiger partial charge >= 0.3 is 12.5 Å². The van der Waals surface area contributed by atoms with Crippen molar-refractivity contribution in [1.82, 2.24) is 10.2 Å². The van der Waals surface area contributed by atoms with Gasteiger partial charge in [-0.05, 0) is 32.0 Å². The minimum atomic E-state index is -3.17. The molecule has 2 fully saturated rings. The Labute approximate surface area is 182 Å². The molecular weight excluding hydrogens is 433 g/mol. The summed E-state index contributed by atoms with van der Waals surface area (Å²) in [6, 6.07) is 3.76. The summed E-state index contributed by atoms with van der Waals surface area (Å²) in [5, 5.41) is 11.1. The number of carbonyl (C=O) groups is 3. The Hall–Kier alpha value is -3.02. The number of nitrogens with one attached hydrogen (secondary N) is 1. The molecule has 9 nitrogen and oxygen atoms in total. The Morgan fingerprint density at radius 2 is 1.88 bits per heavy atom. The lowest BCUT2D eigenvalue weighted by molar-refractivity contribution is -0.139. The van der Waals surface area contributed by atoms with Crippen LogP contribution in [0.3, 0.4) is 0 Å². The Morgan fingerprint density at radius 1 is 1.22 bits per heavy atom. The Balaban J connectivity index is 1.67. The van der Waals surface area contributed by atoms with Crippen LogP contribution in [0.15, 0.2) is 18.2 Å². The molecule has 2 aliphatic heterocycles. The van der Waals surface area contributed by atoms with Crippen molar-refractivity contribution >= 4 is 29.3 Å². The Morgan fingerprint density at radius 3 is 2.44 bits per heavy atom. The summed E-state index contributed by atoms with van der Waals surface area (Å²) >= 11 is 0. The molecule has 32 heavy (non-hydrogen) atoms. The smallest absolute Gasteiger partial charge is 0.414 e. The number of anilines is 2. The minimum absolute atomic E-state index is 0.0306. The first-order valence-electron chi connectivity index (χ1n) is 10.1. The van der Waals surface area contributed by atoms with E-state index in [-0.39, 0.29) is 36.8 Å². The largest absolute Gasteiger partial charge is 0.442 e. The van der Waals surface area contributed by atoms with Gasteiger partial charge in [0, 0.05) is 25.2 Å². The maximum absolute atomic E-state index is 14.9. The molecule has 3 rings (SSSR count). The zero-order valence-corrected chi connectivity index (χ0v) is 17.6. The fourth-order valence-electron chi connectivity index (χ4n) is 4.14. The van der Waals surface area contributed by atoms with Gasteiger partial charge in [-0.25, -0.2) is 9.18 Å². The summed E-state index contributed by atoms with van der Waals surface area (Å²) in [6.07, 6.45) is -4.78. The number of carbonyl (C=O) groups excluding carboxylic acids is 3. The molecule has 0 spiro atoms. The van der Waals surface area contributed by atoms with E-state index in [9.17, 15) is 27.6 Å². The molecule has 0 radical (unpaired) electrons. The molecule has 0 aromatic heterocycles. The van der Waals surface area contributed by atoms with E-state index in [1.54, 1.807) is 15.9 Å². The first-order chi connectivity index (χ1) is 15.1. The van der Waals surface area contributed by atoms with E-state index in [1.165, 1.54) is 12.1 Å². The quantitative estimate of drug-likeness (QED) is 0.658. The van der Waals surface area contributed by atoms with E-state index in [1.807, 2.05) is 19.2 Å². The first kappa shape index (κ1) is 23.6. The van der Waals surface area contributed by atoms with Crippen LogP contribution in [0.5, 0.6) is 0 Å². The molecular formula is C20H25F3N4O5. The Bertz CT molecular complexity index is 875. The predicted octanol–water partition coefficient (Wildman–Crippen LogP) is 0.950. The number of cyclic esters (lactones) is 1. The highest BCUT2D eigenvalue weighted by Crippen LogP contribution is 2.30. The zero-order chi connectivity index (χ0) is 23.6. The van der Waals surface area contributed by atoms with Gasteiger partial charge in [0.05, 0.1) is 24.5 Å². The molecule has 2 unspecified atom stereocenters. The standard InChI is InChI=1S/C20H25F3N4O5/c1-11-7-25(8-12(2)27(11)17(29)10-28)16-4-3-13(5-15(16)21)26-9-14(32-20(26)31)6-24-19(30)18(22)23/h3-5,11-12,14,18,28H,6-10H2,1-2H3,(H,24,30)/t11?,12?,14-/m0/s1. The number of aliphatic hydroxyl groups is 1. The van der Waals surface area contributed by atoms with Crippen molar-refractivity contribution in [3.63, 3.8) is 0 Å². The van der Waals surface area contributed by atoms with E-state index < -0.39 is 37.0 Å². The molecule has 1 aromatic rings. The monoisotopic (exact) mass is 458 g/mol. The molecule has 2 heterocycles. The van der Waals surface area contributed by atoms with Crippen LogP contribution in [-0.2, 0) is 14.3 Å². The van der Waals surface area contributed by atoms with Gasteiger partial charge in [0.15, 0.2) is 0 Å². The van der Waals surface area contributed by atoms with Crippen LogP contribution in [0, 0.1) is 5.82 Å². The normalized spacial score (nSPS) is 23.5. The van der Waals surface area contributed by atoms with Gasteiger partial charge in [-0.15, -0.1) is 0 Å². The van der Waals surface area contributed by atoms with E-state index in [4.69, 9.17) is 9.84 Å². The number of alkyl halides is 2. The lowest BCUT2D eigenvalue weighted by atomic mass is 10.1. The average molecular weight is 458 g/mol. The van der Waals surface area contributed by atoms with Crippen LogP contribution in [0.25, 0.3) is 0 Å². The molecule has 2 aliphatic rings. The summed E-state index contributed by atoms with van der Waals surface area (Å²) in [7, 11) is 0. The average Bonchev–Trinajstić information content (AvgIpc) is 3.11. The van der Waals surface area contributed by atoms with Crippen LogP contribution in [0.1, 0.15) is 13.8 Å². The van der Waals surface area contributed by atoms with Crippen molar-refractivity contribution in [1.29, 1.82) is 0 Å². The highest BCUT2D eigenvalue weighted by molar-refractivity contribution is 5.90. The molecule has 3 atom stereocenters. The van der Waals surface area contributed by atoms with Gasteiger partial charge < -0.3 is 25.0 Å². The van der Waals surface area contributed by atoms with Crippen molar-refractivity contribution in [2.24, 2.45) is 0 Å². The molecule has 0 saturated carbocycles. The number of hydrogen-bond acceptors (Lipinski definition) is 6. The van der Waals surface area contributed by atoms with Gasteiger partial charge in [0.2, 0.25) is 5.91 Å². The number of piperazine rings is 1. The third-order valence-corrected chi connectivity index (χ3v) is 5.50. The van der Waals surface area contributed by atoms with Crippen molar-refractivity contribution in [2.75, 3.05) is 42.6 Å². The SMILES string of the molecule is CC1CN(c2ccc(N3C[C@H](CNC(=O)C(F)F)OC3=O)cc2F)CC(C)N1C(=O)CO. The number of aliphatic hydroxyl groups excluding tert-OH is 1. The Kier molecular flexibility index (Phi) is 7.12. The number of hydrogen-bond donors (Lipinski definition) is 2. The molecule has 1 aromatic carbocycles. The molecule has 0 aliphatic carbocycles. The summed E-state index contributed by atoms with van der Waals surface area (Å²) in [6.45, 7) is 3.46. The van der Waals surface area contributed by atoms with Gasteiger partial charge in [-0.1, -0.05) is 0 Å². The number of ether oxygens (including phenoxy) is 1. The second-order valence-corrected chi connectivity index (χ2v) is 7.86. The maximum atomic E-state index is 14.9. The van der Waals surface area contributed by atoms with Crippen molar-refractivity contribution in [2.45, 2.75) is 38.5 Å². The summed E-state index contributed by atoms with van der Waals surface area (Å²) in [5.74, 6) is -2.42. The number of amides is 3. The van der Waals surface area contributed by atoms with E-state index >= 15 is 0 Å². The molecule has 3 amide bonds. The lowest BCUT2D eigenvalue weighted by Crippen LogP contribution is -2.59. The van der Waals surface area contributed by atoms with Gasteiger partial charge in [0.1, 0.15) is 18.5 Å². The van der Waals surface area contributed by atoms with Crippen molar-refractivity contribution in [3.05, 3.63) is 24.0 Å². The highest BCUT2D eigenvalue weighted by Gasteiger charge is 2.35. The second-order valence-electron chi connectivity index (χ2n) is 7.86. The lowest BCUT2D eigenvalue weighted by Gasteiger charge is -2.45. The topological polar surface area (TPSA) is 102 Å². The van der Waals surface area contributed by atoms with E-state index in [0.29, 0.717) is 18.8 Å². The van der Waals surface area contributed by atoms with Crippen LogP contribution >= 0.6 is 0 Å². The number of benzene rings is 1. The first-order valence-corrected chi connectivity index (χ1v) is 10.1. The summed E-state index contributed by atoms with van der Waals surface area (Å²) < 4.78 is 44.6. The van der Waals surface area contributed by atoms with Crippen LogP contribution < -0.4 is 15.1 Å². The highest BCUT2D eigenvalue weighted by atomic mass is 19.3. The zero-order valence-electron chi connectivity index (χ0n) is 17.6. The predicted molar refractivity (Wildman–Crippen MR) is 108 cm³/mol. The van der Waals surface area contributed by atoms with Gasteiger partial charge in [-0.3, -0.25) is 14.5 Å². The third kappa shape index (κ3) is 4.90. The molecule has 176 valence electrons.